The van der Waals surface area contributed by atoms with Crippen LogP contribution in [0.3, 0.4) is 0 Å². The average Bonchev–Trinajstić information content (AvgIpc) is 3.46. The molecule has 0 saturated heterocycles. The summed E-state index contributed by atoms with van der Waals surface area (Å²) in [5.41, 5.74) is 9.00. The Hall–Kier alpha value is -2.48. The van der Waals surface area contributed by atoms with Gasteiger partial charge in [0.15, 0.2) is 5.82 Å². The maximum absolute atomic E-state index is 15.0. The first-order valence-electron chi connectivity index (χ1n) is 11.5. The van der Waals surface area contributed by atoms with E-state index in [1.54, 1.807) is 16.8 Å². The van der Waals surface area contributed by atoms with Crippen LogP contribution in [0.5, 0.6) is 0 Å². The second-order valence-corrected chi connectivity index (χ2v) is 10.1. The smallest absolute Gasteiger partial charge is 0.242 e. The predicted molar refractivity (Wildman–Crippen MR) is 132 cm³/mol. The number of benzene rings is 2. The fourth-order valence-electron chi connectivity index (χ4n) is 5.09. The minimum Gasteiger partial charge on any atom is -0.337 e. The largest absolute Gasteiger partial charge is 0.337 e. The molecule has 1 aliphatic heterocycles. The zero-order valence-electron chi connectivity index (χ0n) is 18.9. The van der Waals surface area contributed by atoms with Crippen molar-refractivity contribution in [3.8, 4) is 0 Å². The molecule has 2 N–H and O–H groups in total. The minimum atomic E-state index is -0.729. The van der Waals surface area contributed by atoms with Gasteiger partial charge in [-0.15, -0.1) is 5.10 Å². The summed E-state index contributed by atoms with van der Waals surface area (Å²) in [7, 11) is 0. The molecule has 0 spiro atoms. The molecule has 1 amide bonds. The summed E-state index contributed by atoms with van der Waals surface area (Å²) in [5.74, 6) is -0.405. The lowest BCUT2D eigenvalue weighted by Crippen LogP contribution is -2.54. The highest BCUT2D eigenvalue weighted by atomic mass is 35.5. The quantitative estimate of drug-likeness (QED) is 0.520. The third-order valence-electron chi connectivity index (χ3n) is 7.10. The van der Waals surface area contributed by atoms with Gasteiger partial charge >= 0.3 is 0 Å². The van der Waals surface area contributed by atoms with Crippen LogP contribution in [0.25, 0.3) is 16.6 Å². The van der Waals surface area contributed by atoms with Crippen LogP contribution in [0.15, 0.2) is 36.4 Å². The van der Waals surface area contributed by atoms with Gasteiger partial charge in [-0.3, -0.25) is 4.79 Å². The van der Waals surface area contributed by atoms with Gasteiger partial charge in [-0.05, 0) is 67.2 Å². The standard InChI is InChI=1S/C25H26Cl2FN5O/c1-15(19-5-4-18(26)14-20(19)27)33-22-13-17(12-21(28)23(22)30-31-33)16-6-10-32(11-7-16)24(34)25(29)8-2-3-9-25/h4-6,12-15H,2-3,7-11,29H2,1H3. The topological polar surface area (TPSA) is 77.0 Å². The molecular weight excluding hydrogens is 476 g/mol. The molecule has 9 heteroatoms. The predicted octanol–water partition coefficient (Wildman–Crippen LogP) is 5.37. The van der Waals surface area contributed by atoms with Gasteiger partial charge in [0.1, 0.15) is 5.52 Å². The summed E-state index contributed by atoms with van der Waals surface area (Å²) in [5, 5.41) is 9.34. The van der Waals surface area contributed by atoms with Gasteiger partial charge in [0.05, 0.1) is 17.1 Å². The molecule has 0 bridgehead atoms. The Kier molecular flexibility index (Phi) is 6.12. The summed E-state index contributed by atoms with van der Waals surface area (Å²) in [6.45, 7) is 2.97. The molecule has 34 heavy (non-hydrogen) atoms. The second kappa shape index (κ2) is 8.95. The molecule has 2 heterocycles. The fourth-order valence-corrected chi connectivity index (χ4v) is 5.66. The first-order valence-corrected chi connectivity index (χ1v) is 12.3. The van der Waals surface area contributed by atoms with Gasteiger partial charge in [-0.2, -0.15) is 0 Å². The molecule has 1 unspecified atom stereocenters. The van der Waals surface area contributed by atoms with Crippen molar-refractivity contribution in [1.29, 1.82) is 0 Å². The van der Waals surface area contributed by atoms with E-state index < -0.39 is 11.4 Å². The van der Waals surface area contributed by atoms with Crippen molar-refractivity contribution < 1.29 is 9.18 Å². The number of nitrogens with two attached hydrogens (primary N) is 1. The SMILES string of the molecule is CC(c1ccc(Cl)cc1Cl)n1nnc2c(F)cc(C3=CCN(C(=O)C4(N)CCCC4)CC3)cc21. The number of amides is 1. The van der Waals surface area contributed by atoms with Crippen molar-refractivity contribution in [2.45, 2.75) is 50.6 Å². The van der Waals surface area contributed by atoms with Crippen LogP contribution < -0.4 is 5.73 Å². The minimum absolute atomic E-state index is 0.0258. The summed E-state index contributed by atoms with van der Waals surface area (Å²) < 4.78 is 16.7. The van der Waals surface area contributed by atoms with E-state index in [4.69, 9.17) is 28.9 Å². The van der Waals surface area contributed by atoms with Crippen LogP contribution in [-0.2, 0) is 4.79 Å². The molecule has 5 rings (SSSR count). The molecule has 3 aromatic rings. The maximum atomic E-state index is 15.0. The molecule has 2 aromatic carbocycles. The zero-order chi connectivity index (χ0) is 24.0. The van der Waals surface area contributed by atoms with E-state index in [0.29, 0.717) is 35.1 Å². The Morgan fingerprint density at radius 2 is 1.97 bits per heavy atom. The third-order valence-corrected chi connectivity index (χ3v) is 7.66. The van der Waals surface area contributed by atoms with Crippen molar-refractivity contribution in [2.75, 3.05) is 13.1 Å². The number of nitrogens with zero attached hydrogens (tertiary/aromatic N) is 4. The second-order valence-electron chi connectivity index (χ2n) is 9.30. The van der Waals surface area contributed by atoms with E-state index in [1.165, 1.54) is 6.07 Å². The Bertz CT molecular complexity index is 1300. The lowest BCUT2D eigenvalue weighted by atomic mass is 9.94. The highest BCUT2D eigenvalue weighted by Gasteiger charge is 2.40. The highest BCUT2D eigenvalue weighted by molar-refractivity contribution is 6.35. The fraction of sp³-hybridized carbons (Fsp3) is 0.400. The van der Waals surface area contributed by atoms with Crippen molar-refractivity contribution >= 4 is 45.7 Å². The molecule has 1 aliphatic carbocycles. The summed E-state index contributed by atoms with van der Waals surface area (Å²) in [4.78, 5) is 14.8. The van der Waals surface area contributed by atoms with Crippen LogP contribution >= 0.6 is 23.2 Å². The van der Waals surface area contributed by atoms with E-state index >= 15 is 4.39 Å². The Balaban J connectivity index is 1.44. The van der Waals surface area contributed by atoms with Crippen LogP contribution in [-0.4, -0.2) is 44.4 Å². The van der Waals surface area contributed by atoms with Gasteiger partial charge in [0.25, 0.3) is 0 Å². The third kappa shape index (κ3) is 4.10. The number of hydrogen-bond donors (Lipinski definition) is 1. The molecule has 0 radical (unpaired) electrons. The lowest BCUT2D eigenvalue weighted by Gasteiger charge is -2.33. The number of aromatic nitrogens is 3. The number of carbonyl (C=O) groups excluding carboxylic acids is 1. The number of halogens is 3. The van der Waals surface area contributed by atoms with E-state index in [-0.39, 0.29) is 17.5 Å². The Morgan fingerprint density at radius 1 is 1.21 bits per heavy atom. The highest BCUT2D eigenvalue weighted by Crippen LogP contribution is 2.34. The van der Waals surface area contributed by atoms with E-state index in [1.807, 2.05) is 30.0 Å². The van der Waals surface area contributed by atoms with Crippen molar-refractivity contribution in [3.63, 3.8) is 0 Å². The summed E-state index contributed by atoms with van der Waals surface area (Å²) >= 11 is 12.4. The lowest BCUT2D eigenvalue weighted by molar-refractivity contribution is -0.136. The van der Waals surface area contributed by atoms with Crippen LogP contribution in [0.2, 0.25) is 10.0 Å². The number of rotatable bonds is 4. The Morgan fingerprint density at radius 3 is 2.65 bits per heavy atom. The van der Waals surface area contributed by atoms with Gasteiger partial charge in [0, 0.05) is 23.1 Å². The number of hydrogen-bond acceptors (Lipinski definition) is 4. The van der Waals surface area contributed by atoms with E-state index in [9.17, 15) is 4.79 Å². The number of carbonyl (C=O) groups is 1. The van der Waals surface area contributed by atoms with Gasteiger partial charge in [-0.25, -0.2) is 9.07 Å². The molecule has 178 valence electrons. The van der Waals surface area contributed by atoms with Crippen molar-refractivity contribution in [2.24, 2.45) is 5.73 Å². The van der Waals surface area contributed by atoms with Crippen LogP contribution in [0.1, 0.15) is 56.2 Å². The molecule has 6 nitrogen and oxygen atoms in total. The zero-order valence-corrected chi connectivity index (χ0v) is 20.4. The van der Waals surface area contributed by atoms with E-state index in [0.717, 1.165) is 42.4 Å². The monoisotopic (exact) mass is 501 g/mol. The van der Waals surface area contributed by atoms with Gasteiger partial charge < -0.3 is 10.6 Å². The first kappa shape index (κ1) is 23.3. The maximum Gasteiger partial charge on any atom is 0.242 e. The van der Waals surface area contributed by atoms with Gasteiger partial charge in [-0.1, -0.05) is 53.4 Å². The van der Waals surface area contributed by atoms with Crippen LogP contribution in [0.4, 0.5) is 4.39 Å². The van der Waals surface area contributed by atoms with E-state index in [2.05, 4.69) is 10.3 Å². The molecule has 2 aliphatic rings. The normalized spacial score (nSPS) is 18.9. The Labute approximate surface area is 207 Å². The molecule has 1 aromatic heterocycles. The average molecular weight is 502 g/mol. The van der Waals surface area contributed by atoms with Gasteiger partial charge in [0.2, 0.25) is 5.91 Å². The molecule has 1 saturated carbocycles. The summed E-state index contributed by atoms with van der Waals surface area (Å²) in [6.07, 6.45) is 6.11. The molecule has 1 fully saturated rings. The van der Waals surface area contributed by atoms with Crippen molar-refractivity contribution in [3.05, 3.63) is 63.4 Å². The summed E-state index contributed by atoms with van der Waals surface area (Å²) in [6, 6.07) is 8.41. The van der Waals surface area contributed by atoms with Crippen LogP contribution in [0, 0.1) is 5.82 Å². The van der Waals surface area contributed by atoms with Crippen molar-refractivity contribution in [1.82, 2.24) is 19.9 Å². The first-order chi connectivity index (χ1) is 16.3. The molecule has 1 atom stereocenters. The molecular formula is C25H26Cl2FN5O. The number of fused-ring (bicyclic) bond motifs is 1.